The number of methoxy groups -OCH3 is 1. The average Bonchev–Trinajstić information content (AvgIpc) is 3.24. The number of thiazole rings is 1. The van der Waals surface area contributed by atoms with Crippen LogP contribution in [0.2, 0.25) is 0 Å². The Labute approximate surface area is 173 Å². The smallest absolute Gasteiger partial charge is 0.358 e. The van der Waals surface area contributed by atoms with E-state index in [1.165, 1.54) is 11.3 Å². The molecular formula is C24H19NO3S. The van der Waals surface area contributed by atoms with Gasteiger partial charge in [0.05, 0.1) is 12.0 Å². The van der Waals surface area contributed by atoms with Gasteiger partial charge in [0.15, 0.2) is 5.69 Å². The molecule has 0 aliphatic heterocycles. The van der Waals surface area contributed by atoms with Crippen molar-refractivity contribution in [3.05, 3.63) is 96.2 Å². The summed E-state index contributed by atoms with van der Waals surface area (Å²) in [6.07, 6.45) is 0. The van der Waals surface area contributed by atoms with Crippen LogP contribution in [0.15, 0.2) is 84.9 Å². The third-order valence-corrected chi connectivity index (χ3v) is 5.56. The SMILES string of the molecule is COc1ccc(-c2sc(-c3ccccc3)nc2C(=O)OCc2ccccc2)cc1. The van der Waals surface area contributed by atoms with Crippen molar-refractivity contribution in [2.24, 2.45) is 0 Å². The first kappa shape index (κ1) is 18.9. The highest BCUT2D eigenvalue weighted by molar-refractivity contribution is 7.18. The Balaban J connectivity index is 1.68. The quantitative estimate of drug-likeness (QED) is 0.381. The lowest BCUT2D eigenvalue weighted by atomic mass is 10.1. The van der Waals surface area contributed by atoms with Gasteiger partial charge in [-0.15, -0.1) is 11.3 Å². The summed E-state index contributed by atoms with van der Waals surface area (Å²) in [6.45, 7) is 0.208. The van der Waals surface area contributed by atoms with Gasteiger partial charge in [-0.05, 0) is 35.4 Å². The minimum Gasteiger partial charge on any atom is -0.497 e. The molecule has 0 bridgehead atoms. The van der Waals surface area contributed by atoms with Gasteiger partial charge in [0.1, 0.15) is 17.4 Å². The molecule has 3 aromatic carbocycles. The van der Waals surface area contributed by atoms with Crippen molar-refractivity contribution in [3.63, 3.8) is 0 Å². The zero-order valence-electron chi connectivity index (χ0n) is 15.9. The number of ether oxygens (including phenoxy) is 2. The van der Waals surface area contributed by atoms with E-state index in [2.05, 4.69) is 4.98 Å². The topological polar surface area (TPSA) is 48.4 Å². The number of benzene rings is 3. The van der Waals surface area contributed by atoms with Gasteiger partial charge in [0.25, 0.3) is 0 Å². The predicted octanol–water partition coefficient (Wildman–Crippen LogP) is 5.84. The van der Waals surface area contributed by atoms with Crippen molar-refractivity contribution in [2.75, 3.05) is 7.11 Å². The largest absolute Gasteiger partial charge is 0.497 e. The van der Waals surface area contributed by atoms with Crippen molar-refractivity contribution in [1.29, 1.82) is 0 Å². The zero-order valence-corrected chi connectivity index (χ0v) is 16.7. The molecule has 0 saturated heterocycles. The van der Waals surface area contributed by atoms with Gasteiger partial charge < -0.3 is 9.47 Å². The van der Waals surface area contributed by atoms with Gasteiger partial charge >= 0.3 is 5.97 Å². The van der Waals surface area contributed by atoms with E-state index < -0.39 is 5.97 Å². The lowest BCUT2D eigenvalue weighted by Gasteiger charge is -2.06. The van der Waals surface area contributed by atoms with E-state index in [-0.39, 0.29) is 6.61 Å². The van der Waals surface area contributed by atoms with Crippen LogP contribution in [-0.2, 0) is 11.3 Å². The molecule has 0 aliphatic rings. The molecule has 0 saturated carbocycles. The summed E-state index contributed by atoms with van der Waals surface area (Å²) in [5, 5.41) is 0.781. The molecule has 0 atom stereocenters. The van der Waals surface area contributed by atoms with Crippen molar-refractivity contribution < 1.29 is 14.3 Å². The molecule has 0 spiro atoms. The fourth-order valence-corrected chi connectivity index (χ4v) is 3.96. The van der Waals surface area contributed by atoms with Crippen molar-refractivity contribution >= 4 is 17.3 Å². The molecule has 4 rings (SSSR count). The summed E-state index contributed by atoms with van der Waals surface area (Å²) in [5.41, 5.74) is 3.13. The molecule has 0 unspecified atom stereocenters. The maximum absolute atomic E-state index is 12.9. The lowest BCUT2D eigenvalue weighted by Crippen LogP contribution is -2.07. The van der Waals surface area contributed by atoms with E-state index >= 15 is 0 Å². The zero-order chi connectivity index (χ0) is 20.1. The van der Waals surface area contributed by atoms with Crippen LogP contribution in [0, 0.1) is 0 Å². The first-order valence-corrected chi connectivity index (χ1v) is 9.98. The van der Waals surface area contributed by atoms with Gasteiger partial charge in [0.2, 0.25) is 0 Å². The number of carbonyl (C=O) groups excluding carboxylic acids is 1. The van der Waals surface area contributed by atoms with E-state index in [0.717, 1.165) is 32.3 Å². The third kappa shape index (κ3) is 4.36. The fourth-order valence-electron chi connectivity index (χ4n) is 2.89. The Hall–Kier alpha value is -3.44. The minimum atomic E-state index is -0.432. The standard InChI is InChI=1S/C24H19NO3S/c1-27-20-14-12-18(13-15-20)22-21(24(26)28-16-17-8-4-2-5-9-17)25-23(29-22)19-10-6-3-7-11-19/h2-15H,16H2,1H3. The highest BCUT2D eigenvalue weighted by Gasteiger charge is 2.22. The van der Waals surface area contributed by atoms with Crippen LogP contribution in [0.1, 0.15) is 16.1 Å². The molecule has 0 aliphatic carbocycles. The second-order valence-electron chi connectivity index (χ2n) is 6.35. The molecule has 1 aromatic heterocycles. The van der Waals surface area contributed by atoms with Crippen LogP contribution >= 0.6 is 11.3 Å². The minimum absolute atomic E-state index is 0.208. The van der Waals surface area contributed by atoms with Crippen LogP contribution in [-0.4, -0.2) is 18.1 Å². The summed E-state index contributed by atoms with van der Waals surface area (Å²) in [7, 11) is 1.63. The number of nitrogens with zero attached hydrogens (tertiary/aromatic N) is 1. The van der Waals surface area contributed by atoms with E-state index in [1.54, 1.807) is 7.11 Å². The molecule has 0 fully saturated rings. The summed E-state index contributed by atoms with van der Waals surface area (Å²) in [5.74, 6) is 0.327. The molecule has 0 amide bonds. The number of rotatable bonds is 6. The number of hydrogen-bond donors (Lipinski definition) is 0. The van der Waals surface area contributed by atoms with Gasteiger partial charge in [0, 0.05) is 5.56 Å². The van der Waals surface area contributed by atoms with E-state index in [4.69, 9.17) is 9.47 Å². The maximum atomic E-state index is 12.9. The molecular weight excluding hydrogens is 382 g/mol. The molecule has 29 heavy (non-hydrogen) atoms. The van der Waals surface area contributed by atoms with Gasteiger partial charge in [-0.3, -0.25) is 0 Å². The van der Waals surface area contributed by atoms with Crippen LogP contribution in [0.5, 0.6) is 5.75 Å². The third-order valence-electron chi connectivity index (χ3n) is 4.41. The first-order valence-electron chi connectivity index (χ1n) is 9.16. The van der Waals surface area contributed by atoms with E-state index in [1.807, 2.05) is 84.9 Å². The summed E-state index contributed by atoms with van der Waals surface area (Å²) < 4.78 is 10.8. The normalized spacial score (nSPS) is 10.5. The number of esters is 1. The monoisotopic (exact) mass is 401 g/mol. The van der Waals surface area contributed by atoms with Gasteiger partial charge in [-0.1, -0.05) is 60.7 Å². The first-order chi connectivity index (χ1) is 14.2. The Bertz CT molecular complexity index is 1090. The highest BCUT2D eigenvalue weighted by atomic mass is 32.1. The van der Waals surface area contributed by atoms with Crippen molar-refractivity contribution in [2.45, 2.75) is 6.61 Å². The average molecular weight is 401 g/mol. The molecule has 0 N–H and O–H groups in total. The van der Waals surface area contributed by atoms with E-state index in [0.29, 0.717) is 5.69 Å². The number of carbonyl (C=O) groups is 1. The van der Waals surface area contributed by atoms with Crippen LogP contribution < -0.4 is 4.74 Å². The Morgan fingerprint density at radius 2 is 1.52 bits per heavy atom. The van der Waals surface area contributed by atoms with Gasteiger partial charge in [-0.25, -0.2) is 9.78 Å². The Morgan fingerprint density at radius 3 is 2.17 bits per heavy atom. The number of hydrogen-bond acceptors (Lipinski definition) is 5. The second-order valence-corrected chi connectivity index (χ2v) is 7.35. The summed E-state index contributed by atoms with van der Waals surface area (Å²) in [4.78, 5) is 18.3. The Kier molecular flexibility index (Phi) is 5.68. The van der Waals surface area contributed by atoms with Crippen LogP contribution in [0.4, 0.5) is 0 Å². The van der Waals surface area contributed by atoms with Crippen LogP contribution in [0.25, 0.3) is 21.0 Å². The second kappa shape index (κ2) is 8.71. The molecule has 4 nitrogen and oxygen atoms in total. The summed E-state index contributed by atoms with van der Waals surface area (Å²) in [6, 6.07) is 27.0. The van der Waals surface area contributed by atoms with Crippen molar-refractivity contribution in [3.8, 4) is 26.8 Å². The predicted molar refractivity (Wildman–Crippen MR) is 115 cm³/mol. The number of aromatic nitrogens is 1. The molecule has 144 valence electrons. The molecule has 1 heterocycles. The van der Waals surface area contributed by atoms with Crippen molar-refractivity contribution in [1.82, 2.24) is 4.98 Å². The highest BCUT2D eigenvalue weighted by Crippen LogP contribution is 2.36. The molecule has 0 radical (unpaired) electrons. The molecule has 4 aromatic rings. The summed E-state index contributed by atoms with van der Waals surface area (Å²) >= 11 is 1.48. The van der Waals surface area contributed by atoms with E-state index in [9.17, 15) is 4.79 Å². The lowest BCUT2D eigenvalue weighted by molar-refractivity contribution is 0.0467. The van der Waals surface area contributed by atoms with Crippen LogP contribution in [0.3, 0.4) is 0 Å². The molecule has 5 heteroatoms. The van der Waals surface area contributed by atoms with Gasteiger partial charge in [-0.2, -0.15) is 0 Å². The Morgan fingerprint density at radius 1 is 0.862 bits per heavy atom. The maximum Gasteiger partial charge on any atom is 0.358 e. The fraction of sp³-hybridized carbons (Fsp3) is 0.0833.